The van der Waals surface area contributed by atoms with E-state index in [1.165, 1.54) is 12.1 Å². The number of nitrogens with zero attached hydrogens (tertiary/aromatic N) is 2. The van der Waals surface area contributed by atoms with Gasteiger partial charge in [0, 0.05) is 26.1 Å². The first-order valence-electron chi connectivity index (χ1n) is 6.83. The number of amides is 1. The van der Waals surface area contributed by atoms with Crippen LogP contribution in [-0.2, 0) is 4.79 Å². The molecule has 8 nitrogen and oxygen atoms in total. The number of aromatic nitrogens is 1. The van der Waals surface area contributed by atoms with Crippen LogP contribution in [0.4, 0.5) is 17.3 Å². The van der Waals surface area contributed by atoms with Gasteiger partial charge in [0.15, 0.2) is 0 Å². The largest absolute Gasteiger partial charge is 0.373 e. The van der Waals surface area contributed by atoms with Crippen LogP contribution in [0.25, 0.3) is 0 Å². The van der Waals surface area contributed by atoms with Crippen LogP contribution in [0.5, 0.6) is 0 Å². The van der Waals surface area contributed by atoms with Gasteiger partial charge in [-0.3, -0.25) is 14.9 Å². The molecule has 0 aromatic carbocycles. The minimum Gasteiger partial charge on any atom is -0.373 e. The second-order valence-electron chi connectivity index (χ2n) is 4.66. The van der Waals surface area contributed by atoms with Crippen molar-refractivity contribution in [1.82, 2.24) is 10.3 Å². The van der Waals surface area contributed by atoms with Crippen molar-refractivity contribution in [2.75, 3.05) is 24.2 Å². The van der Waals surface area contributed by atoms with E-state index in [0.29, 0.717) is 18.2 Å². The summed E-state index contributed by atoms with van der Waals surface area (Å²) in [6, 6.07) is 2.83. The normalized spacial score (nSPS) is 11.6. The van der Waals surface area contributed by atoms with E-state index in [9.17, 15) is 14.9 Å². The molecule has 1 atom stereocenters. The third kappa shape index (κ3) is 5.64. The summed E-state index contributed by atoms with van der Waals surface area (Å²) < 4.78 is 0. The maximum atomic E-state index is 11.6. The molecule has 0 bridgehead atoms. The maximum absolute atomic E-state index is 11.6. The number of hydrogen-bond acceptors (Lipinski definition) is 6. The van der Waals surface area contributed by atoms with Crippen molar-refractivity contribution in [3.8, 4) is 0 Å². The highest BCUT2D eigenvalue weighted by Gasteiger charge is 2.11. The molecule has 116 valence electrons. The molecular formula is C13H21N5O3. The lowest BCUT2D eigenvalue weighted by Gasteiger charge is -2.12. The highest BCUT2D eigenvalue weighted by molar-refractivity contribution is 5.76. The lowest BCUT2D eigenvalue weighted by molar-refractivity contribution is -0.384. The van der Waals surface area contributed by atoms with E-state index in [2.05, 4.69) is 20.9 Å². The Morgan fingerprint density at radius 2 is 2.10 bits per heavy atom. The third-order valence-corrected chi connectivity index (χ3v) is 2.96. The molecule has 1 rings (SSSR count). The summed E-state index contributed by atoms with van der Waals surface area (Å²) in [4.78, 5) is 26.1. The molecule has 8 heteroatoms. The zero-order valence-corrected chi connectivity index (χ0v) is 12.5. The molecule has 0 radical (unpaired) electrons. The molecule has 0 saturated carbocycles. The number of nitro groups is 1. The van der Waals surface area contributed by atoms with Crippen LogP contribution >= 0.6 is 0 Å². The van der Waals surface area contributed by atoms with Crippen molar-refractivity contribution in [3.05, 3.63) is 22.2 Å². The highest BCUT2D eigenvalue weighted by atomic mass is 16.6. The first-order valence-corrected chi connectivity index (χ1v) is 6.83. The quantitative estimate of drug-likeness (QED) is 0.498. The Bertz CT molecular complexity index is 507. The van der Waals surface area contributed by atoms with E-state index < -0.39 is 4.92 Å². The Morgan fingerprint density at radius 1 is 1.43 bits per heavy atom. The summed E-state index contributed by atoms with van der Waals surface area (Å²) in [7, 11) is 1.63. The van der Waals surface area contributed by atoms with Gasteiger partial charge in [0.05, 0.1) is 17.1 Å². The van der Waals surface area contributed by atoms with Gasteiger partial charge in [-0.25, -0.2) is 4.98 Å². The number of rotatable bonds is 8. The number of carbonyl (C=O) groups is 1. The number of pyridine rings is 1. The first kappa shape index (κ1) is 16.7. The molecule has 0 saturated heterocycles. The van der Waals surface area contributed by atoms with Crippen molar-refractivity contribution in [1.29, 1.82) is 0 Å². The Balaban J connectivity index is 2.57. The Hall–Kier alpha value is -2.38. The summed E-state index contributed by atoms with van der Waals surface area (Å²) >= 11 is 0. The average Bonchev–Trinajstić information content (AvgIpc) is 2.46. The van der Waals surface area contributed by atoms with Gasteiger partial charge in [-0.2, -0.15) is 0 Å². The minimum absolute atomic E-state index is 0.0547. The van der Waals surface area contributed by atoms with Gasteiger partial charge in [0.2, 0.25) is 5.91 Å². The van der Waals surface area contributed by atoms with Gasteiger partial charge in [-0.15, -0.1) is 0 Å². The molecule has 1 heterocycles. The van der Waals surface area contributed by atoms with E-state index in [1.54, 1.807) is 7.05 Å². The smallest absolute Gasteiger partial charge is 0.276 e. The number of carbonyl (C=O) groups excluding carboxylic acids is 1. The van der Waals surface area contributed by atoms with Crippen LogP contribution < -0.4 is 16.0 Å². The van der Waals surface area contributed by atoms with Gasteiger partial charge in [-0.05, 0) is 13.3 Å². The molecule has 1 aromatic rings. The van der Waals surface area contributed by atoms with Gasteiger partial charge in [-0.1, -0.05) is 6.92 Å². The van der Waals surface area contributed by atoms with Gasteiger partial charge in [0.1, 0.15) is 11.6 Å². The van der Waals surface area contributed by atoms with E-state index in [0.717, 1.165) is 6.42 Å². The molecule has 0 aliphatic heterocycles. The van der Waals surface area contributed by atoms with Crippen LogP contribution in [0, 0.1) is 10.1 Å². The lowest BCUT2D eigenvalue weighted by atomic mass is 10.2. The second-order valence-corrected chi connectivity index (χ2v) is 4.66. The second kappa shape index (κ2) is 8.03. The Labute approximate surface area is 123 Å². The third-order valence-electron chi connectivity index (χ3n) is 2.96. The van der Waals surface area contributed by atoms with Crippen LogP contribution in [0.2, 0.25) is 0 Å². The molecule has 0 fully saturated rings. The first-order chi connectivity index (χ1) is 9.96. The van der Waals surface area contributed by atoms with Crippen molar-refractivity contribution >= 4 is 23.2 Å². The van der Waals surface area contributed by atoms with Gasteiger partial charge in [0.25, 0.3) is 5.69 Å². The molecule has 3 N–H and O–H groups in total. The standard InChI is InChI=1S/C13H21N5O3/c1-4-9(2)16-13(19)5-6-15-12-8-10(18(20)21)7-11(14-3)17-12/h7-9H,4-6H2,1-3H3,(H,16,19)(H2,14,15,17). The summed E-state index contributed by atoms with van der Waals surface area (Å²) in [5.41, 5.74) is -0.0547. The number of hydrogen-bond donors (Lipinski definition) is 3. The zero-order valence-electron chi connectivity index (χ0n) is 12.5. The van der Waals surface area contributed by atoms with Gasteiger partial charge >= 0.3 is 0 Å². The lowest BCUT2D eigenvalue weighted by Crippen LogP contribution is -2.33. The molecule has 0 aliphatic carbocycles. The Morgan fingerprint density at radius 3 is 2.67 bits per heavy atom. The molecule has 1 amide bonds. The summed E-state index contributed by atoms with van der Waals surface area (Å²) in [5, 5.41) is 19.3. The fraction of sp³-hybridized carbons (Fsp3) is 0.538. The fourth-order valence-electron chi connectivity index (χ4n) is 1.59. The fourth-order valence-corrected chi connectivity index (χ4v) is 1.59. The van der Waals surface area contributed by atoms with Crippen LogP contribution in [0.3, 0.4) is 0 Å². The van der Waals surface area contributed by atoms with E-state index in [-0.39, 0.29) is 24.1 Å². The molecule has 0 aliphatic rings. The minimum atomic E-state index is -0.483. The van der Waals surface area contributed by atoms with E-state index in [4.69, 9.17) is 0 Å². The Kier molecular flexibility index (Phi) is 6.38. The van der Waals surface area contributed by atoms with E-state index in [1.807, 2.05) is 13.8 Å². The molecule has 21 heavy (non-hydrogen) atoms. The van der Waals surface area contributed by atoms with Gasteiger partial charge < -0.3 is 16.0 Å². The highest BCUT2D eigenvalue weighted by Crippen LogP contribution is 2.20. The number of anilines is 2. The van der Waals surface area contributed by atoms with Crippen molar-refractivity contribution < 1.29 is 9.72 Å². The van der Waals surface area contributed by atoms with Crippen LogP contribution in [0.15, 0.2) is 12.1 Å². The topological polar surface area (TPSA) is 109 Å². The summed E-state index contributed by atoms with van der Waals surface area (Å²) in [6.07, 6.45) is 1.15. The zero-order chi connectivity index (χ0) is 15.8. The van der Waals surface area contributed by atoms with Crippen molar-refractivity contribution in [3.63, 3.8) is 0 Å². The van der Waals surface area contributed by atoms with Crippen LogP contribution in [-0.4, -0.2) is 35.4 Å². The van der Waals surface area contributed by atoms with Crippen molar-refractivity contribution in [2.24, 2.45) is 0 Å². The summed E-state index contributed by atoms with van der Waals surface area (Å²) in [6.45, 7) is 4.29. The predicted octanol–water partition coefficient (Wildman–Crippen LogP) is 1.75. The maximum Gasteiger partial charge on any atom is 0.276 e. The van der Waals surface area contributed by atoms with Crippen molar-refractivity contribution in [2.45, 2.75) is 32.7 Å². The SMILES string of the molecule is CCC(C)NC(=O)CCNc1cc([N+](=O)[O-])cc(NC)n1. The molecule has 1 aromatic heterocycles. The number of nitrogens with one attached hydrogen (secondary N) is 3. The molecular weight excluding hydrogens is 274 g/mol. The molecule has 0 spiro atoms. The molecule has 1 unspecified atom stereocenters. The predicted molar refractivity (Wildman–Crippen MR) is 81.4 cm³/mol. The van der Waals surface area contributed by atoms with Crippen LogP contribution in [0.1, 0.15) is 26.7 Å². The summed E-state index contributed by atoms with van der Waals surface area (Å²) in [5.74, 6) is 0.705. The monoisotopic (exact) mass is 295 g/mol. The average molecular weight is 295 g/mol. The van der Waals surface area contributed by atoms with E-state index >= 15 is 0 Å².